The van der Waals surface area contributed by atoms with Crippen molar-refractivity contribution in [1.29, 1.82) is 0 Å². The Morgan fingerprint density at radius 2 is 2.04 bits per heavy atom. The summed E-state index contributed by atoms with van der Waals surface area (Å²) in [7, 11) is 0. The summed E-state index contributed by atoms with van der Waals surface area (Å²) in [5.41, 5.74) is 2.01. The molecule has 24 heavy (non-hydrogen) atoms. The Morgan fingerprint density at radius 3 is 2.79 bits per heavy atom. The first-order valence-corrected chi connectivity index (χ1v) is 8.14. The van der Waals surface area contributed by atoms with E-state index in [9.17, 15) is 4.79 Å². The van der Waals surface area contributed by atoms with E-state index < -0.39 is 0 Å². The molecule has 0 saturated carbocycles. The van der Waals surface area contributed by atoms with Crippen LogP contribution in [0.25, 0.3) is 22.4 Å². The number of furan rings is 1. The summed E-state index contributed by atoms with van der Waals surface area (Å²) in [5, 5.41) is 2.28. The maximum atomic E-state index is 12.9. The highest BCUT2D eigenvalue weighted by molar-refractivity contribution is 6.06. The molecule has 0 atom stereocenters. The van der Waals surface area contributed by atoms with Crippen LogP contribution in [-0.2, 0) is 4.84 Å². The lowest BCUT2D eigenvalue weighted by Crippen LogP contribution is -2.35. The molecule has 1 amide bonds. The molecule has 5 heteroatoms. The van der Waals surface area contributed by atoms with Crippen LogP contribution >= 0.6 is 0 Å². The average molecular weight is 322 g/mol. The van der Waals surface area contributed by atoms with E-state index in [-0.39, 0.29) is 5.91 Å². The van der Waals surface area contributed by atoms with Gasteiger partial charge in [0, 0.05) is 11.9 Å². The van der Waals surface area contributed by atoms with Crippen LogP contribution in [0.5, 0.6) is 0 Å². The van der Waals surface area contributed by atoms with Crippen molar-refractivity contribution in [3.63, 3.8) is 0 Å². The van der Waals surface area contributed by atoms with Crippen molar-refractivity contribution < 1.29 is 14.0 Å². The van der Waals surface area contributed by atoms with E-state index in [0.717, 1.165) is 29.5 Å². The van der Waals surface area contributed by atoms with Crippen LogP contribution in [0.3, 0.4) is 0 Å². The van der Waals surface area contributed by atoms with E-state index in [1.165, 1.54) is 5.06 Å². The number of hydrogen-bond donors (Lipinski definition) is 0. The molecule has 1 fully saturated rings. The number of benzene rings is 1. The number of amides is 1. The summed E-state index contributed by atoms with van der Waals surface area (Å²) in [5.74, 6) is 1.34. The molecule has 0 unspecified atom stereocenters. The minimum Gasteiger partial charge on any atom is -0.460 e. The molecule has 1 saturated heterocycles. The quantitative estimate of drug-likeness (QED) is 0.716. The summed E-state index contributed by atoms with van der Waals surface area (Å²) >= 11 is 0. The van der Waals surface area contributed by atoms with Gasteiger partial charge >= 0.3 is 0 Å². The Balaban J connectivity index is 1.84. The molecule has 0 aliphatic carbocycles. The van der Waals surface area contributed by atoms with Gasteiger partial charge in [0.15, 0.2) is 5.76 Å². The number of nitrogens with zero attached hydrogens (tertiary/aromatic N) is 2. The largest absolute Gasteiger partial charge is 0.460 e. The van der Waals surface area contributed by atoms with Crippen molar-refractivity contribution in [2.45, 2.75) is 19.8 Å². The van der Waals surface area contributed by atoms with Crippen molar-refractivity contribution in [2.75, 3.05) is 13.2 Å². The van der Waals surface area contributed by atoms with Crippen LogP contribution in [0.4, 0.5) is 0 Å². The van der Waals surface area contributed by atoms with Crippen molar-refractivity contribution >= 4 is 16.8 Å². The van der Waals surface area contributed by atoms with E-state index in [0.29, 0.717) is 30.2 Å². The Morgan fingerprint density at radius 1 is 1.17 bits per heavy atom. The second-order valence-corrected chi connectivity index (χ2v) is 5.93. The van der Waals surface area contributed by atoms with Gasteiger partial charge in [-0.2, -0.15) is 0 Å². The van der Waals surface area contributed by atoms with Crippen LogP contribution in [0.1, 0.15) is 29.0 Å². The Hall–Kier alpha value is -2.66. The first kappa shape index (κ1) is 14.9. The molecule has 1 aliphatic rings. The summed E-state index contributed by atoms with van der Waals surface area (Å²) in [6, 6.07) is 13.2. The number of hydrogen-bond acceptors (Lipinski definition) is 4. The van der Waals surface area contributed by atoms with Crippen molar-refractivity contribution in [3.8, 4) is 11.5 Å². The summed E-state index contributed by atoms with van der Waals surface area (Å²) < 4.78 is 5.68. The molecular formula is C19H18N2O3. The number of para-hydroxylation sites is 1. The fraction of sp³-hybridized carbons (Fsp3) is 0.263. The third-order valence-corrected chi connectivity index (χ3v) is 4.17. The molecule has 2 aromatic heterocycles. The third kappa shape index (κ3) is 2.67. The van der Waals surface area contributed by atoms with Gasteiger partial charge in [0.1, 0.15) is 11.5 Å². The number of carbonyl (C=O) groups excluding carboxylic acids is 1. The maximum Gasteiger partial charge on any atom is 0.278 e. The lowest BCUT2D eigenvalue weighted by molar-refractivity contribution is -0.144. The minimum absolute atomic E-state index is 0.127. The molecule has 0 spiro atoms. The van der Waals surface area contributed by atoms with Gasteiger partial charge in [-0.3, -0.25) is 9.63 Å². The molecule has 0 radical (unpaired) electrons. The fourth-order valence-electron chi connectivity index (χ4n) is 2.94. The Labute approximate surface area is 139 Å². The molecular weight excluding hydrogens is 304 g/mol. The van der Waals surface area contributed by atoms with Gasteiger partial charge < -0.3 is 4.42 Å². The lowest BCUT2D eigenvalue weighted by Gasteiger charge is -2.26. The summed E-state index contributed by atoms with van der Waals surface area (Å²) in [4.78, 5) is 23.1. The average Bonchev–Trinajstić information content (AvgIpc) is 3.07. The number of aryl methyl sites for hydroxylation is 1. The van der Waals surface area contributed by atoms with Crippen LogP contribution in [0.15, 0.2) is 46.9 Å². The van der Waals surface area contributed by atoms with E-state index in [1.54, 1.807) is 6.07 Å². The van der Waals surface area contributed by atoms with Gasteiger partial charge in [0.2, 0.25) is 0 Å². The molecule has 4 rings (SSSR count). The first-order valence-electron chi connectivity index (χ1n) is 8.14. The Bertz CT molecular complexity index is 895. The molecule has 0 bridgehead atoms. The zero-order valence-corrected chi connectivity index (χ0v) is 13.5. The maximum absolute atomic E-state index is 12.9. The zero-order valence-electron chi connectivity index (χ0n) is 13.5. The van der Waals surface area contributed by atoms with Gasteiger partial charge in [0.05, 0.1) is 17.7 Å². The fourth-order valence-corrected chi connectivity index (χ4v) is 2.94. The van der Waals surface area contributed by atoms with Gasteiger partial charge in [0.25, 0.3) is 5.91 Å². The molecule has 122 valence electrons. The summed E-state index contributed by atoms with van der Waals surface area (Å²) in [6.45, 7) is 3.09. The first-order chi connectivity index (χ1) is 11.7. The highest BCUT2D eigenvalue weighted by Gasteiger charge is 2.23. The molecule has 3 heterocycles. The molecule has 3 aromatic rings. The molecule has 5 nitrogen and oxygen atoms in total. The topological polar surface area (TPSA) is 55.6 Å². The van der Waals surface area contributed by atoms with Crippen LogP contribution in [0.2, 0.25) is 0 Å². The van der Waals surface area contributed by atoms with Gasteiger partial charge in [-0.1, -0.05) is 18.2 Å². The standard InChI is InChI=1S/C19H18N2O3/c1-13-8-9-18(24-13)17-12-15(14-6-2-3-7-16(14)20-17)19(22)21-10-4-5-11-23-21/h2-3,6-9,12H,4-5,10-11H2,1H3. The van der Waals surface area contributed by atoms with Gasteiger partial charge in [-0.05, 0) is 44.0 Å². The molecule has 1 aromatic carbocycles. The van der Waals surface area contributed by atoms with E-state index in [1.807, 2.05) is 43.3 Å². The van der Waals surface area contributed by atoms with Crippen molar-refractivity contribution in [3.05, 3.63) is 53.8 Å². The predicted molar refractivity (Wildman–Crippen MR) is 90.4 cm³/mol. The van der Waals surface area contributed by atoms with Gasteiger partial charge in [-0.25, -0.2) is 10.0 Å². The number of pyridine rings is 1. The van der Waals surface area contributed by atoms with Gasteiger partial charge in [-0.15, -0.1) is 0 Å². The minimum atomic E-state index is -0.127. The zero-order chi connectivity index (χ0) is 16.5. The lowest BCUT2D eigenvalue weighted by atomic mass is 10.1. The Kier molecular flexibility index (Phi) is 3.78. The summed E-state index contributed by atoms with van der Waals surface area (Å²) in [6.07, 6.45) is 1.94. The highest BCUT2D eigenvalue weighted by atomic mass is 16.7. The number of hydroxylamine groups is 2. The normalized spacial score (nSPS) is 15.0. The van der Waals surface area contributed by atoms with Crippen LogP contribution < -0.4 is 0 Å². The van der Waals surface area contributed by atoms with E-state index in [2.05, 4.69) is 4.98 Å². The van der Waals surface area contributed by atoms with E-state index >= 15 is 0 Å². The second kappa shape index (κ2) is 6.09. The van der Waals surface area contributed by atoms with Crippen molar-refractivity contribution in [2.24, 2.45) is 0 Å². The van der Waals surface area contributed by atoms with E-state index in [4.69, 9.17) is 9.25 Å². The number of fused-ring (bicyclic) bond motifs is 1. The molecule has 1 aliphatic heterocycles. The van der Waals surface area contributed by atoms with Crippen molar-refractivity contribution in [1.82, 2.24) is 10.0 Å². The van der Waals surface area contributed by atoms with Crippen LogP contribution in [0, 0.1) is 6.92 Å². The second-order valence-electron chi connectivity index (χ2n) is 5.93. The number of carbonyl (C=O) groups is 1. The predicted octanol–water partition coefficient (Wildman–Crippen LogP) is 3.97. The monoisotopic (exact) mass is 322 g/mol. The molecule has 0 N–H and O–H groups in total. The smallest absolute Gasteiger partial charge is 0.278 e. The number of rotatable bonds is 2. The SMILES string of the molecule is Cc1ccc(-c2cc(C(=O)N3CCCCO3)c3ccccc3n2)o1. The number of aromatic nitrogens is 1. The van der Waals surface area contributed by atoms with Crippen LogP contribution in [-0.4, -0.2) is 29.1 Å². The highest BCUT2D eigenvalue weighted by Crippen LogP contribution is 2.27. The third-order valence-electron chi connectivity index (χ3n) is 4.17.